The lowest BCUT2D eigenvalue weighted by molar-refractivity contribution is 0.129. The maximum Gasteiger partial charge on any atom is 0.0666 e. The third kappa shape index (κ3) is 5.89. The second kappa shape index (κ2) is 8.57. The van der Waals surface area contributed by atoms with E-state index in [1.54, 1.807) is 0 Å². The van der Waals surface area contributed by atoms with Gasteiger partial charge in [0.05, 0.1) is 6.10 Å². The van der Waals surface area contributed by atoms with Crippen molar-refractivity contribution >= 4 is 11.8 Å². The lowest BCUT2D eigenvalue weighted by Crippen LogP contribution is -2.08. The molecular weight excluding hydrogens is 196 g/mol. The van der Waals surface area contributed by atoms with Gasteiger partial charge in [-0.25, -0.2) is 0 Å². The highest BCUT2D eigenvalue weighted by molar-refractivity contribution is 7.99. The standard InChI is InChI=1S/C11H22O2S/c12-7-3-1-2-4-9-14-10-11-6-5-8-13-11/h11-12H,1-10H2. The van der Waals surface area contributed by atoms with Crippen molar-refractivity contribution in [2.75, 3.05) is 24.7 Å². The van der Waals surface area contributed by atoms with Gasteiger partial charge >= 0.3 is 0 Å². The minimum Gasteiger partial charge on any atom is -0.396 e. The summed E-state index contributed by atoms with van der Waals surface area (Å²) in [6.45, 7) is 1.32. The largest absolute Gasteiger partial charge is 0.396 e. The summed E-state index contributed by atoms with van der Waals surface area (Å²) in [5.41, 5.74) is 0. The number of aliphatic hydroxyl groups excluding tert-OH is 1. The van der Waals surface area contributed by atoms with Crippen molar-refractivity contribution in [3.8, 4) is 0 Å². The zero-order chi connectivity index (χ0) is 10.1. The van der Waals surface area contributed by atoms with Crippen molar-refractivity contribution in [3.63, 3.8) is 0 Å². The molecule has 1 unspecified atom stereocenters. The third-order valence-electron chi connectivity index (χ3n) is 2.52. The molecule has 1 aliphatic rings. The molecule has 1 N–H and O–H groups in total. The van der Waals surface area contributed by atoms with E-state index < -0.39 is 0 Å². The Labute approximate surface area is 91.4 Å². The van der Waals surface area contributed by atoms with Gasteiger partial charge in [0.25, 0.3) is 0 Å². The normalized spacial score (nSPS) is 21.6. The molecule has 0 spiro atoms. The summed E-state index contributed by atoms with van der Waals surface area (Å²) in [7, 11) is 0. The van der Waals surface area contributed by atoms with Gasteiger partial charge in [0.1, 0.15) is 0 Å². The van der Waals surface area contributed by atoms with Crippen LogP contribution in [0.2, 0.25) is 0 Å². The van der Waals surface area contributed by atoms with E-state index in [1.807, 2.05) is 11.8 Å². The van der Waals surface area contributed by atoms with Gasteiger partial charge in [-0.05, 0) is 31.4 Å². The molecule has 3 heteroatoms. The summed E-state index contributed by atoms with van der Waals surface area (Å²) >= 11 is 2.02. The Kier molecular flexibility index (Phi) is 7.55. The number of ether oxygens (including phenoxy) is 1. The predicted molar refractivity (Wildman–Crippen MR) is 61.9 cm³/mol. The van der Waals surface area contributed by atoms with Gasteiger partial charge in [-0.15, -0.1) is 0 Å². The predicted octanol–water partition coefficient (Wildman–Crippen LogP) is 2.45. The van der Waals surface area contributed by atoms with Crippen LogP contribution in [-0.2, 0) is 4.74 Å². The molecule has 0 aliphatic carbocycles. The Hall–Kier alpha value is 0.270. The molecule has 1 fully saturated rings. The summed E-state index contributed by atoms with van der Waals surface area (Å²) in [6, 6.07) is 0. The van der Waals surface area contributed by atoms with Crippen LogP contribution in [0.3, 0.4) is 0 Å². The van der Waals surface area contributed by atoms with E-state index >= 15 is 0 Å². The average Bonchev–Trinajstić information content (AvgIpc) is 2.69. The van der Waals surface area contributed by atoms with Crippen molar-refractivity contribution in [1.29, 1.82) is 0 Å². The molecule has 14 heavy (non-hydrogen) atoms. The first kappa shape index (κ1) is 12.3. The Balaban J connectivity index is 1.75. The molecule has 1 rings (SSSR count). The number of thioether (sulfide) groups is 1. The van der Waals surface area contributed by atoms with E-state index in [1.165, 1.54) is 43.6 Å². The van der Waals surface area contributed by atoms with Gasteiger partial charge in [0.15, 0.2) is 0 Å². The molecule has 0 radical (unpaired) electrons. The molecule has 1 aliphatic heterocycles. The number of hydrogen-bond acceptors (Lipinski definition) is 3. The molecule has 1 heterocycles. The highest BCUT2D eigenvalue weighted by Gasteiger charge is 2.14. The van der Waals surface area contributed by atoms with E-state index in [-0.39, 0.29) is 0 Å². The lowest BCUT2D eigenvalue weighted by atomic mass is 10.2. The number of unbranched alkanes of at least 4 members (excludes halogenated alkanes) is 3. The van der Waals surface area contributed by atoms with Crippen molar-refractivity contribution in [3.05, 3.63) is 0 Å². The quantitative estimate of drug-likeness (QED) is 0.635. The first-order valence-electron chi connectivity index (χ1n) is 5.73. The fourth-order valence-electron chi connectivity index (χ4n) is 1.66. The van der Waals surface area contributed by atoms with Crippen LogP contribution in [0.5, 0.6) is 0 Å². The zero-order valence-corrected chi connectivity index (χ0v) is 9.73. The molecule has 1 atom stereocenters. The van der Waals surface area contributed by atoms with Gasteiger partial charge in [0, 0.05) is 19.0 Å². The fourth-order valence-corrected chi connectivity index (χ4v) is 2.76. The van der Waals surface area contributed by atoms with Gasteiger partial charge in [-0.2, -0.15) is 11.8 Å². The molecule has 0 amide bonds. The highest BCUT2D eigenvalue weighted by atomic mass is 32.2. The van der Waals surface area contributed by atoms with Gasteiger partial charge in [-0.3, -0.25) is 0 Å². The molecule has 0 aromatic rings. The smallest absolute Gasteiger partial charge is 0.0666 e. The molecule has 0 aromatic heterocycles. The molecule has 0 aromatic carbocycles. The Bertz CT molecular complexity index is 124. The van der Waals surface area contributed by atoms with Crippen LogP contribution in [0.1, 0.15) is 38.5 Å². The minimum absolute atomic E-state index is 0.350. The summed E-state index contributed by atoms with van der Waals surface area (Å²) in [6.07, 6.45) is 7.75. The van der Waals surface area contributed by atoms with Gasteiger partial charge < -0.3 is 9.84 Å². The van der Waals surface area contributed by atoms with Crippen molar-refractivity contribution in [2.24, 2.45) is 0 Å². The summed E-state index contributed by atoms with van der Waals surface area (Å²) in [5.74, 6) is 2.44. The average molecular weight is 218 g/mol. The SMILES string of the molecule is OCCCCCCSCC1CCCO1. The monoisotopic (exact) mass is 218 g/mol. The Morgan fingerprint density at radius 2 is 2.07 bits per heavy atom. The first-order valence-corrected chi connectivity index (χ1v) is 6.89. The summed E-state index contributed by atoms with van der Waals surface area (Å²) in [4.78, 5) is 0. The summed E-state index contributed by atoms with van der Waals surface area (Å²) in [5, 5.41) is 8.59. The molecule has 84 valence electrons. The van der Waals surface area contributed by atoms with Crippen LogP contribution < -0.4 is 0 Å². The van der Waals surface area contributed by atoms with Crippen LogP contribution in [0.4, 0.5) is 0 Å². The van der Waals surface area contributed by atoms with Crippen LogP contribution in [0.25, 0.3) is 0 Å². The Morgan fingerprint density at radius 1 is 1.21 bits per heavy atom. The lowest BCUT2D eigenvalue weighted by Gasteiger charge is -2.08. The van der Waals surface area contributed by atoms with Crippen molar-refractivity contribution in [1.82, 2.24) is 0 Å². The van der Waals surface area contributed by atoms with Crippen LogP contribution >= 0.6 is 11.8 Å². The second-order valence-corrected chi connectivity index (χ2v) is 5.00. The van der Waals surface area contributed by atoms with E-state index in [0.29, 0.717) is 12.7 Å². The minimum atomic E-state index is 0.350. The number of rotatable bonds is 8. The maximum atomic E-state index is 8.59. The molecule has 0 saturated carbocycles. The third-order valence-corrected chi connectivity index (χ3v) is 3.71. The van der Waals surface area contributed by atoms with E-state index in [9.17, 15) is 0 Å². The Morgan fingerprint density at radius 3 is 2.79 bits per heavy atom. The topological polar surface area (TPSA) is 29.5 Å². The highest BCUT2D eigenvalue weighted by Crippen LogP contribution is 2.18. The van der Waals surface area contributed by atoms with Crippen LogP contribution in [-0.4, -0.2) is 35.9 Å². The molecular formula is C11H22O2S. The van der Waals surface area contributed by atoms with Gasteiger partial charge in [-0.1, -0.05) is 12.8 Å². The van der Waals surface area contributed by atoms with E-state index in [0.717, 1.165) is 13.0 Å². The summed E-state index contributed by atoms with van der Waals surface area (Å²) < 4.78 is 5.54. The molecule has 2 nitrogen and oxygen atoms in total. The van der Waals surface area contributed by atoms with E-state index in [2.05, 4.69) is 0 Å². The molecule has 1 saturated heterocycles. The first-order chi connectivity index (χ1) is 6.93. The number of aliphatic hydroxyl groups is 1. The maximum absolute atomic E-state index is 8.59. The van der Waals surface area contributed by atoms with Crippen molar-refractivity contribution < 1.29 is 9.84 Å². The van der Waals surface area contributed by atoms with Crippen LogP contribution in [0.15, 0.2) is 0 Å². The molecule has 0 bridgehead atoms. The fraction of sp³-hybridized carbons (Fsp3) is 1.00. The zero-order valence-electron chi connectivity index (χ0n) is 8.91. The second-order valence-electron chi connectivity index (χ2n) is 3.85. The van der Waals surface area contributed by atoms with Crippen molar-refractivity contribution in [2.45, 2.75) is 44.6 Å². The van der Waals surface area contributed by atoms with Crippen LogP contribution in [0, 0.1) is 0 Å². The van der Waals surface area contributed by atoms with E-state index in [4.69, 9.17) is 9.84 Å². The van der Waals surface area contributed by atoms with Gasteiger partial charge in [0.2, 0.25) is 0 Å². The number of hydrogen-bond donors (Lipinski definition) is 1.